The Morgan fingerprint density at radius 1 is 1.50 bits per heavy atom. The number of aryl methyl sites for hydroxylation is 1. The van der Waals surface area contributed by atoms with Gasteiger partial charge in [-0.2, -0.15) is 18.3 Å². The van der Waals surface area contributed by atoms with Gasteiger partial charge >= 0.3 is 6.18 Å². The Labute approximate surface area is 104 Å². The van der Waals surface area contributed by atoms with Crippen LogP contribution in [-0.4, -0.2) is 30.1 Å². The van der Waals surface area contributed by atoms with Crippen LogP contribution in [0.5, 0.6) is 5.75 Å². The maximum Gasteiger partial charge on any atom is 0.389 e. The highest BCUT2D eigenvalue weighted by Crippen LogP contribution is 2.31. The minimum atomic E-state index is -4.15. The first-order valence-electron chi connectivity index (χ1n) is 5.76. The number of hydrogen-bond donors (Lipinski definition) is 1. The molecule has 1 heterocycles. The summed E-state index contributed by atoms with van der Waals surface area (Å²) in [5, 5.41) is 6.97. The van der Waals surface area contributed by atoms with Gasteiger partial charge in [0.05, 0.1) is 25.0 Å². The fourth-order valence-electron chi connectivity index (χ4n) is 1.86. The number of nitrogens with one attached hydrogen (secondary N) is 1. The summed E-state index contributed by atoms with van der Waals surface area (Å²) < 4.78 is 43.6. The lowest BCUT2D eigenvalue weighted by atomic mass is 10.1. The van der Waals surface area contributed by atoms with E-state index in [9.17, 15) is 13.2 Å². The second-order valence-electron chi connectivity index (χ2n) is 3.91. The van der Waals surface area contributed by atoms with E-state index in [1.54, 1.807) is 11.7 Å². The molecule has 7 heteroatoms. The molecule has 0 amide bonds. The van der Waals surface area contributed by atoms with Gasteiger partial charge in [-0.3, -0.25) is 4.68 Å². The Kier molecular flexibility index (Phi) is 5.01. The zero-order valence-corrected chi connectivity index (χ0v) is 10.7. The van der Waals surface area contributed by atoms with Gasteiger partial charge in [-0.1, -0.05) is 0 Å². The summed E-state index contributed by atoms with van der Waals surface area (Å²) >= 11 is 0. The molecular weight excluding hydrogens is 247 g/mol. The highest BCUT2D eigenvalue weighted by molar-refractivity contribution is 5.28. The fraction of sp³-hybridized carbons (Fsp3) is 0.727. The number of methoxy groups -OCH3 is 1. The molecule has 0 aliphatic carbocycles. The van der Waals surface area contributed by atoms with Crippen LogP contribution in [0.2, 0.25) is 0 Å². The van der Waals surface area contributed by atoms with E-state index in [1.165, 1.54) is 13.3 Å². The van der Waals surface area contributed by atoms with Gasteiger partial charge < -0.3 is 10.1 Å². The number of nitrogens with zero attached hydrogens (tertiary/aromatic N) is 2. The van der Waals surface area contributed by atoms with Crippen LogP contribution in [0.1, 0.15) is 31.5 Å². The standard InChI is InChI=1S/C11H18F3N3O/c1-4-17-10(9(18-3)7-16-17)8(15-2)5-6-11(12,13)14/h7-8,15H,4-6H2,1-3H3. The molecule has 0 fully saturated rings. The van der Waals surface area contributed by atoms with Gasteiger partial charge in [-0.05, 0) is 20.4 Å². The SMILES string of the molecule is CCn1ncc(OC)c1C(CCC(F)(F)F)NC. The highest BCUT2D eigenvalue weighted by Gasteiger charge is 2.30. The lowest BCUT2D eigenvalue weighted by Crippen LogP contribution is -2.23. The average molecular weight is 265 g/mol. The zero-order chi connectivity index (χ0) is 13.8. The molecule has 1 atom stereocenters. The van der Waals surface area contributed by atoms with Gasteiger partial charge in [0.25, 0.3) is 0 Å². The van der Waals surface area contributed by atoms with E-state index in [4.69, 9.17) is 4.74 Å². The summed E-state index contributed by atoms with van der Waals surface area (Å²) in [4.78, 5) is 0. The van der Waals surface area contributed by atoms with Gasteiger partial charge in [0.2, 0.25) is 0 Å². The fourth-order valence-corrected chi connectivity index (χ4v) is 1.86. The summed E-state index contributed by atoms with van der Waals surface area (Å²) in [6, 6.07) is -0.427. The number of rotatable bonds is 6. The molecule has 0 aliphatic rings. The van der Waals surface area contributed by atoms with Crippen molar-refractivity contribution in [2.75, 3.05) is 14.2 Å². The third-order valence-electron chi connectivity index (χ3n) is 2.76. The molecule has 0 radical (unpaired) electrons. The van der Waals surface area contributed by atoms with Crippen LogP contribution in [0.15, 0.2) is 6.20 Å². The van der Waals surface area contributed by atoms with Crippen molar-refractivity contribution in [3.63, 3.8) is 0 Å². The maximum atomic E-state index is 12.3. The predicted octanol–water partition coefficient (Wildman–Crippen LogP) is 2.51. The third-order valence-corrected chi connectivity index (χ3v) is 2.76. The summed E-state index contributed by atoms with van der Waals surface area (Å²) in [5.74, 6) is 0.512. The van der Waals surface area contributed by atoms with E-state index >= 15 is 0 Å². The molecule has 0 saturated carbocycles. The van der Waals surface area contributed by atoms with E-state index in [-0.39, 0.29) is 6.42 Å². The van der Waals surface area contributed by atoms with Crippen molar-refractivity contribution >= 4 is 0 Å². The van der Waals surface area contributed by atoms with Gasteiger partial charge in [-0.15, -0.1) is 0 Å². The van der Waals surface area contributed by atoms with Crippen LogP contribution in [0.3, 0.4) is 0 Å². The highest BCUT2D eigenvalue weighted by atomic mass is 19.4. The van der Waals surface area contributed by atoms with Gasteiger partial charge in [0.15, 0.2) is 5.75 Å². The summed E-state index contributed by atoms with van der Waals surface area (Å²) in [6.45, 7) is 2.47. The molecule has 0 bridgehead atoms. The third kappa shape index (κ3) is 3.63. The molecule has 1 aromatic heterocycles. The van der Waals surface area contributed by atoms with Crippen molar-refractivity contribution in [2.24, 2.45) is 0 Å². The topological polar surface area (TPSA) is 39.1 Å². The van der Waals surface area contributed by atoms with Crippen LogP contribution in [0.4, 0.5) is 13.2 Å². The minimum absolute atomic E-state index is 0.0396. The van der Waals surface area contributed by atoms with E-state index in [0.29, 0.717) is 18.0 Å². The van der Waals surface area contributed by atoms with Crippen LogP contribution in [0.25, 0.3) is 0 Å². The number of hydrogen-bond acceptors (Lipinski definition) is 3. The summed E-state index contributed by atoms with van der Waals surface area (Å²) in [7, 11) is 3.12. The van der Waals surface area contributed by atoms with Crippen molar-refractivity contribution in [2.45, 2.75) is 38.5 Å². The Morgan fingerprint density at radius 3 is 2.61 bits per heavy atom. The monoisotopic (exact) mass is 265 g/mol. The minimum Gasteiger partial charge on any atom is -0.493 e. The lowest BCUT2D eigenvalue weighted by Gasteiger charge is -2.19. The normalized spacial score (nSPS) is 13.7. The van der Waals surface area contributed by atoms with Crippen molar-refractivity contribution in [3.05, 3.63) is 11.9 Å². The molecule has 1 unspecified atom stereocenters. The molecule has 0 aliphatic heterocycles. The van der Waals surface area contributed by atoms with Gasteiger partial charge in [0.1, 0.15) is 0 Å². The summed E-state index contributed by atoms with van der Waals surface area (Å²) in [6.07, 6.45) is -3.51. The first-order chi connectivity index (χ1) is 8.42. The van der Waals surface area contributed by atoms with E-state index in [2.05, 4.69) is 10.4 Å². The Morgan fingerprint density at radius 2 is 2.17 bits per heavy atom. The first-order valence-corrected chi connectivity index (χ1v) is 5.76. The largest absolute Gasteiger partial charge is 0.493 e. The van der Waals surface area contributed by atoms with Crippen molar-refractivity contribution in [1.29, 1.82) is 0 Å². The Balaban J connectivity index is 2.90. The number of alkyl halides is 3. The smallest absolute Gasteiger partial charge is 0.389 e. The predicted molar refractivity (Wildman–Crippen MR) is 61.5 cm³/mol. The number of ether oxygens (including phenoxy) is 1. The second kappa shape index (κ2) is 6.08. The second-order valence-corrected chi connectivity index (χ2v) is 3.91. The van der Waals surface area contributed by atoms with Crippen molar-refractivity contribution < 1.29 is 17.9 Å². The molecule has 104 valence electrons. The maximum absolute atomic E-state index is 12.3. The van der Waals surface area contributed by atoms with E-state index in [0.717, 1.165) is 0 Å². The molecule has 1 aromatic rings. The Bertz CT molecular complexity index is 355. The van der Waals surface area contributed by atoms with Crippen LogP contribution >= 0.6 is 0 Å². The average Bonchev–Trinajstić information content (AvgIpc) is 2.71. The quantitative estimate of drug-likeness (QED) is 0.859. The van der Waals surface area contributed by atoms with Crippen molar-refractivity contribution in [3.8, 4) is 5.75 Å². The van der Waals surface area contributed by atoms with E-state index < -0.39 is 18.6 Å². The molecule has 1 N–H and O–H groups in total. The van der Waals surface area contributed by atoms with Crippen LogP contribution < -0.4 is 10.1 Å². The van der Waals surface area contributed by atoms with Gasteiger partial charge in [-0.25, -0.2) is 0 Å². The molecule has 1 rings (SSSR count). The summed E-state index contributed by atoms with van der Waals surface area (Å²) in [5.41, 5.74) is 0.659. The molecule has 0 aromatic carbocycles. The lowest BCUT2D eigenvalue weighted by molar-refractivity contribution is -0.136. The van der Waals surface area contributed by atoms with E-state index in [1.807, 2.05) is 6.92 Å². The molecular formula is C11H18F3N3O. The number of halogens is 3. The molecule has 0 saturated heterocycles. The first kappa shape index (κ1) is 14.8. The van der Waals surface area contributed by atoms with Gasteiger partial charge in [0, 0.05) is 13.0 Å². The Hall–Kier alpha value is -1.24. The molecule has 4 nitrogen and oxygen atoms in total. The number of aromatic nitrogens is 2. The molecule has 0 spiro atoms. The zero-order valence-electron chi connectivity index (χ0n) is 10.7. The van der Waals surface area contributed by atoms with Crippen LogP contribution in [-0.2, 0) is 6.54 Å². The van der Waals surface area contributed by atoms with Crippen LogP contribution in [0, 0.1) is 0 Å². The van der Waals surface area contributed by atoms with Crippen molar-refractivity contribution in [1.82, 2.24) is 15.1 Å². The molecule has 18 heavy (non-hydrogen) atoms.